The molecule has 0 spiro atoms. The molecule has 3 rings (SSSR count). The zero-order chi connectivity index (χ0) is 22.1. The van der Waals surface area contributed by atoms with Crippen molar-refractivity contribution < 1.29 is 18.0 Å². The Morgan fingerprint density at radius 2 is 1.90 bits per heavy atom. The molecule has 0 radical (unpaired) electrons. The summed E-state index contributed by atoms with van der Waals surface area (Å²) in [5.74, 6) is -0.323. The van der Waals surface area contributed by atoms with Crippen molar-refractivity contribution in [3.63, 3.8) is 0 Å². The van der Waals surface area contributed by atoms with Gasteiger partial charge in [0.05, 0.1) is 4.90 Å². The largest absolute Gasteiger partial charge is 0.326 e. The summed E-state index contributed by atoms with van der Waals surface area (Å²) in [5.41, 5.74) is 4.36. The summed E-state index contributed by atoms with van der Waals surface area (Å²) < 4.78 is 27.8. The number of carbonyl (C=O) groups excluding carboxylic acids is 2. The summed E-state index contributed by atoms with van der Waals surface area (Å²) >= 11 is 0. The fourth-order valence-corrected chi connectivity index (χ4v) is 4.82. The minimum atomic E-state index is -3.75. The number of carbonyl (C=O) groups is 2. The van der Waals surface area contributed by atoms with Crippen LogP contribution in [0.15, 0.2) is 41.3 Å². The van der Waals surface area contributed by atoms with Crippen LogP contribution >= 0.6 is 0 Å². The number of benzene rings is 2. The number of hydrogen-bond acceptors (Lipinski definition) is 4. The van der Waals surface area contributed by atoms with Gasteiger partial charge in [-0.1, -0.05) is 12.1 Å². The number of nitrogens with zero attached hydrogens (tertiary/aromatic N) is 1. The molecule has 1 aliphatic heterocycles. The maximum absolute atomic E-state index is 12.6. The summed E-state index contributed by atoms with van der Waals surface area (Å²) in [6, 6.07) is 10.4. The maximum Gasteiger partial charge on any atom is 0.240 e. The van der Waals surface area contributed by atoms with Crippen LogP contribution in [0.25, 0.3) is 0 Å². The van der Waals surface area contributed by atoms with Gasteiger partial charge in [0.15, 0.2) is 0 Å². The van der Waals surface area contributed by atoms with E-state index in [0.717, 1.165) is 28.1 Å². The van der Waals surface area contributed by atoms with Gasteiger partial charge in [-0.15, -0.1) is 0 Å². The van der Waals surface area contributed by atoms with Crippen LogP contribution in [0.5, 0.6) is 0 Å². The Balaban J connectivity index is 1.62. The Morgan fingerprint density at radius 3 is 2.60 bits per heavy atom. The Kier molecular flexibility index (Phi) is 6.28. The first-order valence-electron chi connectivity index (χ1n) is 9.88. The van der Waals surface area contributed by atoms with E-state index >= 15 is 0 Å². The molecule has 1 atom stereocenters. The Labute approximate surface area is 177 Å². The molecule has 8 heteroatoms. The van der Waals surface area contributed by atoms with Gasteiger partial charge in [-0.2, -0.15) is 0 Å². The molecule has 1 aliphatic rings. The van der Waals surface area contributed by atoms with Crippen LogP contribution in [0, 0.1) is 13.8 Å². The van der Waals surface area contributed by atoms with Crippen molar-refractivity contribution in [1.29, 1.82) is 0 Å². The molecule has 2 aromatic carbocycles. The smallest absolute Gasteiger partial charge is 0.240 e. The number of rotatable bonds is 6. The molecule has 0 saturated heterocycles. The first-order valence-corrected chi connectivity index (χ1v) is 11.4. The molecule has 1 heterocycles. The van der Waals surface area contributed by atoms with Crippen LogP contribution in [-0.4, -0.2) is 32.8 Å². The highest BCUT2D eigenvalue weighted by atomic mass is 32.2. The van der Waals surface area contributed by atoms with E-state index in [1.165, 1.54) is 13.0 Å². The summed E-state index contributed by atoms with van der Waals surface area (Å²) in [6.07, 6.45) is 0.628. The van der Waals surface area contributed by atoms with Gasteiger partial charge in [0, 0.05) is 37.3 Å². The topological polar surface area (TPSA) is 95.6 Å². The van der Waals surface area contributed by atoms with Crippen LogP contribution in [0.1, 0.15) is 37.0 Å². The van der Waals surface area contributed by atoms with Gasteiger partial charge in [0.1, 0.15) is 0 Å². The second kappa shape index (κ2) is 8.57. The molecule has 0 aliphatic carbocycles. The molecule has 0 fully saturated rings. The van der Waals surface area contributed by atoms with Gasteiger partial charge in [0.2, 0.25) is 21.8 Å². The zero-order valence-electron chi connectivity index (χ0n) is 17.7. The van der Waals surface area contributed by atoms with E-state index < -0.39 is 10.0 Å². The number of hydrogen-bond donors (Lipinski definition) is 2. The number of sulfonamides is 1. The monoisotopic (exact) mass is 429 g/mol. The van der Waals surface area contributed by atoms with E-state index in [2.05, 4.69) is 10.0 Å². The molecule has 30 heavy (non-hydrogen) atoms. The highest BCUT2D eigenvalue weighted by Crippen LogP contribution is 2.33. The zero-order valence-corrected chi connectivity index (χ0v) is 18.5. The average Bonchev–Trinajstić information content (AvgIpc) is 3.00. The van der Waals surface area contributed by atoms with Gasteiger partial charge >= 0.3 is 0 Å². The van der Waals surface area contributed by atoms with E-state index in [-0.39, 0.29) is 35.7 Å². The first-order chi connectivity index (χ1) is 14.1. The quantitative estimate of drug-likeness (QED) is 0.738. The molecule has 0 aromatic heterocycles. The Morgan fingerprint density at radius 1 is 1.17 bits per heavy atom. The molecule has 160 valence electrons. The lowest BCUT2D eigenvalue weighted by Crippen LogP contribution is -2.33. The maximum atomic E-state index is 12.6. The molecule has 2 amide bonds. The molecule has 7 nitrogen and oxygen atoms in total. The number of aryl methyl sites for hydroxylation is 1. The van der Waals surface area contributed by atoms with Crippen LogP contribution < -0.4 is 14.9 Å². The highest BCUT2D eigenvalue weighted by Gasteiger charge is 2.30. The molecule has 0 saturated carbocycles. The Bertz CT molecular complexity index is 1100. The predicted molar refractivity (Wildman–Crippen MR) is 117 cm³/mol. The first kappa shape index (κ1) is 22.0. The molecular formula is C22H27N3O4S. The molecular weight excluding hydrogens is 402 g/mol. The summed E-state index contributed by atoms with van der Waals surface area (Å²) in [5, 5.41) is 2.82. The van der Waals surface area contributed by atoms with Crippen molar-refractivity contribution in [2.24, 2.45) is 0 Å². The van der Waals surface area contributed by atoms with E-state index in [1.54, 1.807) is 17.0 Å². The van der Waals surface area contributed by atoms with E-state index in [0.29, 0.717) is 6.42 Å². The SMILES string of the molecule is CC(=O)N1c2ccc(S(=O)(=O)NCCC(=O)Nc3cccc(C)c3C)cc2C[C@H]1C. The number of anilines is 2. The highest BCUT2D eigenvalue weighted by molar-refractivity contribution is 7.89. The van der Waals surface area contributed by atoms with Crippen LogP contribution in [0.4, 0.5) is 11.4 Å². The van der Waals surface area contributed by atoms with Crippen molar-refractivity contribution in [1.82, 2.24) is 4.72 Å². The van der Waals surface area contributed by atoms with Gasteiger partial charge in [-0.25, -0.2) is 13.1 Å². The minimum Gasteiger partial charge on any atom is -0.326 e. The van der Waals surface area contributed by atoms with Crippen molar-refractivity contribution in [2.75, 3.05) is 16.8 Å². The third kappa shape index (κ3) is 4.55. The van der Waals surface area contributed by atoms with Gasteiger partial charge in [-0.05, 0) is 68.1 Å². The van der Waals surface area contributed by atoms with Crippen molar-refractivity contribution in [3.05, 3.63) is 53.1 Å². The second-order valence-corrected chi connectivity index (χ2v) is 9.44. The number of fused-ring (bicyclic) bond motifs is 1. The molecule has 2 N–H and O–H groups in total. The lowest BCUT2D eigenvalue weighted by Gasteiger charge is -2.20. The van der Waals surface area contributed by atoms with Gasteiger partial charge in [-0.3, -0.25) is 9.59 Å². The number of amides is 2. The Hall–Kier alpha value is -2.71. The minimum absolute atomic E-state index is 0.00260. The summed E-state index contributed by atoms with van der Waals surface area (Å²) in [4.78, 5) is 25.8. The fraction of sp³-hybridized carbons (Fsp3) is 0.364. The predicted octanol–water partition coefficient (Wildman–Crippen LogP) is 2.91. The van der Waals surface area contributed by atoms with E-state index in [4.69, 9.17) is 0 Å². The third-order valence-corrected chi connectivity index (χ3v) is 6.90. The average molecular weight is 430 g/mol. The molecule has 2 aromatic rings. The lowest BCUT2D eigenvalue weighted by atomic mass is 10.1. The van der Waals surface area contributed by atoms with Crippen molar-refractivity contribution >= 4 is 33.2 Å². The van der Waals surface area contributed by atoms with Crippen molar-refractivity contribution in [2.45, 2.75) is 51.5 Å². The van der Waals surface area contributed by atoms with Gasteiger partial charge < -0.3 is 10.2 Å². The second-order valence-electron chi connectivity index (χ2n) is 7.68. The fourth-order valence-electron chi connectivity index (χ4n) is 3.74. The summed E-state index contributed by atoms with van der Waals surface area (Å²) in [7, 11) is -3.75. The molecule has 0 unspecified atom stereocenters. The van der Waals surface area contributed by atoms with Crippen LogP contribution in [0.3, 0.4) is 0 Å². The van der Waals surface area contributed by atoms with Crippen LogP contribution in [-0.2, 0) is 26.0 Å². The van der Waals surface area contributed by atoms with Crippen LogP contribution in [0.2, 0.25) is 0 Å². The van der Waals surface area contributed by atoms with Gasteiger partial charge in [0.25, 0.3) is 0 Å². The third-order valence-electron chi connectivity index (χ3n) is 5.44. The lowest BCUT2D eigenvalue weighted by molar-refractivity contribution is -0.117. The number of nitrogens with one attached hydrogen (secondary N) is 2. The van der Waals surface area contributed by atoms with Crippen molar-refractivity contribution in [3.8, 4) is 0 Å². The standard InChI is InChI=1S/C22H27N3O4S/c1-14-6-5-7-20(16(14)3)24-22(27)10-11-23-30(28,29)19-8-9-21-18(13-19)12-15(2)25(21)17(4)26/h5-9,13,15,23H,10-12H2,1-4H3,(H,24,27)/t15-/m1/s1. The summed E-state index contributed by atoms with van der Waals surface area (Å²) in [6.45, 7) is 7.32. The molecule has 0 bridgehead atoms. The van der Waals surface area contributed by atoms with E-state index in [1.807, 2.05) is 39.0 Å². The van der Waals surface area contributed by atoms with E-state index in [9.17, 15) is 18.0 Å². The normalized spacial score (nSPS) is 15.7.